The summed E-state index contributed by atoms with van der Waals surface area (Å²) < 4.78 is 28.8. The fourth-order valence-electron chi connectivity index (χ4n) is 2.66. The Morgan fingerprint density at radius 3 is 2.90 bits per heavy atom. The second-order valence-electron chi connectivity index (χ2n) is 5.56. The van der Waals surface area contributed by atoms with Crippen molar-refractivity contribution in [2.24, 2.45) is 0 Å². The Bertz CT molecular complexity index is 560. The zero-order chi connectivity index (χ0) is 15.5. The first-order valence-electron chi connectivity index (χ1n) is 7.24. The van der Waals surface area contributed by atoms with Crippen molar-refractivity contribution in [3.63, 3.8) is 0 Å². The summed E-state index contributed by atoms with van der Waals surface area (Å²) in [6.07, 6.45) is 4.65. The van der Waals surface area contributed by atoms with Crippen molar-refractivity contribution in [3.05, 3.63) is 12.4 Å². The third-order valence-corrected chi connectivity index (χ3v) is 5.96. The van der Waals surface area contributed by atoms with Crippen molar-refractivity contribution in [1.82, 2.24) is 19.0 Å². The van der Waals surface area contributed by atoms with E-state index in [0.717, 1.165) is 25.9 Å². The van der Waals surface area contributed by atoms with Crippen LogP contribution in [0, 0.1) is 0 Å². The molecule has 6 nitrogen and oxygen atoms in total. The van der Waals surface area contributed by atoms with E-state index in [9.17, 15) is 8.42 Å². The van der Waals surface area contributed by atoms with Crippen LogP contribution >= 0.6 is 11.6 Å². The lowest BCUT2D eigenvalue weighted by Gasteiger charge is -2.26. The molecule has 1 aromatic heterocycles. The van der Waals surface area contributed by atoms with E-state index in [1.54, 1.807) is 15.2 Å². The van der Waals surface area contributed by atoms with Gasteiger partial charge in [-0.15, -0.1) is 11.6 Å². The molecule has 0 radical (unpaired) electrons. The Balaban J connectivity index is 2.18. The molecule has 1 saturated heterocycles. The fraction of sp³-hybridized carbons (Fsp3) is 0.769. The minimum absolute atomic E-state index is 0.0336. The molecule has 1 aliphatic heterocycles. The number of aromatic nitrogens is 2. The molecule has 1 unspecified atom stereocenters. The molecule has 1 fully saturated rings. The molecule has 0 aromatic carbocycles. The molecule has 21 heavy (non-hydrogen) atoms. The SMILES string of the molecule is CC1CN(C)CCCN1S(=O)(=O)c1cnn(CCCCl)c1. The van der Waals surface area contributed by atoms with Gasteiger partial charge in [0.25, 0.3) is 0 Å². The summed E-state index contributed by atoms with van der Waals surface area (Å²) in [4.78, 5) is 2.44. The quantitative estimate of drug-likeness (QED) is 0.760. The van der Waals surface area contributed by atoms with E-state index in [4.69, 9.17) is 11.6 Å². The molecule has 0 saturated carbocycles. The van der Waals surface area contributed by atoms with E-state index in [0.29, 0.717) is 19.0 Å². The summed E-state index contributed by atoms with van der Waals surface area (Å²) in [6, 6.07) is -0.0336. The van der Waals surface area contributed by atoms with Gasteiger partial charge in [0.2, 0.25) is 10.0 Å². The number of aryl methyl sites for hydroxylation is 1. The average molecular weight is 335 g/mol. The number of sulfonamides is 1. The van der Waals surface area contributed by atoms with Gasteiger partial charge < -0.3 is 4.90 Å². The van der Waals surface area contributed by atoms with Crippen molar-refractivity contribution < 1.29 is 8.42 Å². The van der Waals surface area contributed by atoms with Crippen LogP contribution in [0.25, 0.3) is 0 Å². The maximum atomic E-state index is 12.8. The molecule has 0 amide bonds. The van der Waals surface area contributed by atoms with E-state index in [1.165, 1.54) is 6.20 Å². The molecule has 2 heterocycles. The summed E-state index contributed by atoms with van der Waals surface area (Å²) >= 11 is 5.65. The molecule has 1 atom stereocenters. The Labute approximate surface area is 131 Å². The Morgan fingerprint density at radius 2 is 2.19 bits per heavy atom. The second-order valence-corrected chi connectivity index (χ2v) is 7.83. The number of likely N-dealkylation sites (N-methyl/N-ethyl adjacent to an activating group) is 1. The zero-order valence-corrected chi connectivity index (χ0v) is 14.1. The van der Waals surface area contributed by atoms with Gasteiger partial charge in [-0.05, 0) is 33.4 Å². The van der Waals surface area contributed by atoms with Gasteiger partial charge >= 0.3 is 0 Å². The Kier molecular flexibility index (Phi) is 5.65. The highest BCUT2D eigenvalue weighted by Gasteiger charge is 2.32. The number of rotatable bonds is 5. The van der Waals surface area contributed by atoms with E-state index in [1.807, 2.05) is 14.0 Å². The Hall–Kier alpha value is -0.630. The second kappa shape index (κ2) is 7.09. The minimum atomic E-state index is -3.47. The summed E-state index contributed by atoms with van der Waals surface area (Å²) in [7, 11) is -1.45. The van der Waals surface area contributed by atoms with Crippen molar-refractivity contribution in [3.8, 4) is 0 Å². The number of halogens is 1. The van der Waals surface area contributed by atoms with Gasteiger partial charge in [0.1, 0.15) is 4.90 Å². The molecule has 1 aliphatic rings. The lowest BCUT2D eigenvalue weighted by molar-refractivity contribution is 0.290. The maximum Gasteiger partial charge on any atom is 0.246 e. The standard InChI is InChI=1S/C13H23ClN4O2S/c1-12-10-16(2)6-4-8-18(12)21(19,20)13-9-15-17(11-13)7-3-5-14/h9,11-12H,3-8,10H2,1-2H3. The van der Waals surface area contributed by atoms with Crippen LogP contribution in [0.2, 0.25) is 0 Å². The van der Waals surface area contributed by atoms with Crippen molar-refractivity contribution in [1.29, 1.82) is 0 Å². The van der Waals surface area contributed by atoms with Crippen molar-refractivity contribution in [2.45, 2.75) is 37.2 Å². The van der Waals surface area contributed by atoms with Crippen LogP contribution in [0.1, 0.15) is 19.8 Å². The van der Waals surface area contributed by atoms with Crippen molar-refractivity contribution >= 4 is 21.6 Å². The number of alkyl halides is 1. The largest absolute Gasteiger partial charge is 0.305 e. The van der Waals surface area contributed by atoms with Crippen LogP contribution in [-0.2, 0) is 16.6 Å². The van der Waals surface area contributed by atoms with Gasteiger partial charge in [-0.25, -0.2) is 8.42 Å². The van der Waals surface area contributed by atoms with Gasteiger partial charge in [0, 0.05) is 37.8 Å². The molecule has 0 bridgehead atoms. The lowest BCUT2D eigenvalue weighted by Crippen LogP contribution is -2.41. The third-order valence-electron chi connectivity index (χ3n) is 3.72. The first-order valence-corrected chi connectivity index (χ1v) is 9.21. The van der Waals surface area contributed by atoms with E-state index in [2.05, 4.69) is 10.00 Å². The predicted molar refractivity (Wildman–Crippen MR) is 83.0 cm³/mol. The highest BCUT2D eigenvalue weighted by Crippen LogP contribution is 2.20. The molecule has 0 spiro atoms. The van der Waals surface area contributed by atoms with Crippen LogP contribution in [0.15, 0.2) is 17.3 Å². The normalized spacial score (nSPS) is 22.3. The van der Waals surface area contributed by atoms with Gasteiger partial charge in [-0.1, -0.05) is 0 Å². The number of nitrogens with zero attached hydrogens (tertiary/aromatic N) is 4. The highest BCUT2D eigenvalue weighted by molar-refractivity contribution is 7.89. The zero-order valence-electron chi connectivity index (χ0n) is 12.6. The van der Waals surface area contributed by atoms with E-state index >= 15 is 0 Å². The summed E-state index contributed by atoms with van der Waals surface area (Å²) in [6.45, 7) is 4.82. The lowest BCUT2D eigenvalue weighted by atomic mass is 10.3. The minimum Gasteiger partial charge on any atom is -0.305 e. The summed E-state index contributed by atoms with van der Waals surface area (Å²) in [5.41, 5.74) is 0. The monoisotopic (exact) mass is 334 g/mol. The molecular weight excluding hydrogens is 312 g/mol. The smallest absolute Gasteiger partial charge is 0.246 e. The molecule has 8 heteroatoms. The Morgan fingerprint density at radius 1 is 1.43 bits per heavy atom. The number of hydrogen-bond donors (Lipinski definition) is 0. The summed E-state index contributed by atoms with van der Waals surface area (Å²) in [5.74, 6) is 0.539. The van der Waals surface area contributed by atoms with Gasteiger partial charge in [0.05, 0.1) is 6.20 Å². The van der Waals surface area contributed by atoms with E-state index in [-0.39, 0.29) is 10.9 Å². The summed E-state index contributed by atoms with van der Waals surface area (Å²) in [5, 5.41) is 4.12. The van der Waals surface area contributed by atoms with Gasteiger partial charge in [0.15, 0.2) is 0 Å². The molecular formula is C13H23ClN4O2S. The van der Waals surface area contributed by atoms with Crippen LogP contribution in [-0.4, -0.2) is 66.0 Å². The van der Waals surface area contributed by atoms with E-state index < -0.39 is 10.0 Å². The van der Waals surface area contributed by atoms with Gasteiger partial charge in [-0.2, -0.15) is 9.40 Å². The molecule has 0 aliphatic carbocycles. The van der Waals surface area contributed by atoms with Gasteiger partial charge in [-0.3, -0.25) is 4.68 Å². The predicted octanol–water partition coefficient (Wildman–Crippen LogP) is 1.23. The number of hydrogen-bond acceptors (Lipinski definition) is 4. The van der Waals surface area contributed by atoms with Crippen LogP contribution in [0.3, 0.4) is 0 Å². The molecule has 1 aromatic rings. The topological polar surface area (TPSA) is 58.4 Å². The third kappa shape index (κ3) is 3.97. The molecule has 120 valence electrons. The van der Waals surface area contributed by atoms with Crippen molar-refractivity contribution in [2.75, 3.05) is 32.6 Å². The maximum absolute atomic E-state index is 12.8. The molecule has 0 N–H and O–H groups in total. The van der Waals surface area contributed by atoms with Crippen LogP contribution < -0.4 is 0 Å². The first-order chi connectivity index (χ1) is 9.95. The van der Waals surface area contributed by atoms with Crippen LogP contribution in [0.4, 0.5) is 0 Å². The molecule has 2 rings (SSSR count). The highest BCUT2D eigenvalue weighted by atomic mass is 35.5. The van der Waals surface area contributed by atoms with Crippen LogP contribution in [0.5, 0.6) is 0 Å². The average Bonchev–Trinajstić information content (AvgIpc) is 2.83. The fourth-order valence-corrected chi connectivity index (χ4v) is 4.40. The first kappa shape index (κ1) is 16.7.